The van der Waals surface area contributed by atoms with Crippen LogP contribution < -0.4 is 10.2 Å². The Kier molecular flexibility index (Phi) is 12.7. The average molecular weight is 777 g/mol. The van der Waals surface area contributed by atoms with E-state index in [0.29, 0.717) is 25.9 Å². The topological polar surface area (TPSA) is 84.1 Å². The summed E-state index contributed by atoms with van der Waals surface area (Å²) in [6.45, 7) is 11.2. The molecule has 1 N–H and O–H groups in total. The van der Waals surface area contributed by atoms with Gasteiger partial charge in [0.05, 0.1) is 5.41 Å². The fourth-order valence-corrected chi connectivity index (χ4v) is 7.44. The molecule has 0 aromatic heterocycles. The Morgan fingerprint density at radius 3 is 2.26 bits per heavy atom. The summed E-state index contributed by atoms with van der Waals surface area (Å²) in [5, 5.41) is 6.44. The normalized spacial score (nSPS) is 20.1. The number of benzene rings is 2. The van der Waals surface area contributed by atoms with Crippen molar-refractivity contribution in [2.45, 2.75) is 89.9 Å². The van der Waals surface area contributed by atoms with Crippen molar-refractivity contribution in [3.63, 3.8) is 0 Å². The maximum absolute atomic E-state index is 12.2. The molecule has 294 valence electrons. The van der Waals surface area contributed by atoms with Crippen molar-refractivity contribution in [2.75, 3.05) is 31.6 Å². The van der Waals surface area contributed by atoms with E-state index in [9.17, 15) is 30.0 Å². The molecule has 2 aromatic carbocycles. The van der Waals surface area contributed by atoms with Gasteiger partial charge >= 0.3 is 33.0 Å². The minimum atomic E-state index is -10.7. The molecule has 1 amide bonds. The first-order valence-corrected chi connectivity index (χ1v) is 20.3. The molecular formula is C40H51F6N6OP. The van der Waals surface area contributed by atoms with Gasteiger partial charge in [0.2, 0.25) is 11.6 Å². The summed E-state index contributed by atoms with van der Waals surface area (Å²) >= 11 is 0. The van der Waals surface area contributed by atoms with Gasteiger partial charge in [0.25, 0.3) is 0 Å². The van der Waals surface area contributed by atoms with E-state index >= 15 is 0 Å². The molecule has 0 fully saturated rings. The zero-order valence-electron chi connectivity index (χ0n) is 31.6. The Hall–Kier alpha value is -4.34. The van der Waals surface area contributed by atoms with Gasteiger partial charge in [-0.2, -0.15) is 4.58 Å². The first-order valence-electron chi connectivity index (χ1n) is 18.3. The molecule has 0 spiro atoms. The van der Waals surface area contributed by atoms with Gasteiger partial charge in [-0.15, -0.1) is 0 Å². The van der Waals surface area contributed by atoms with Crippen LogP contribution >= 0.6 is 7.81 Å². The van der Waals surface area contributed by atoms with E-state index in [-0.39, 0.29) is 16.7 Å². The predicted octanol–water partition coefficient (Wildman–Crippen LogP) is 12.7. The summed E-state index contributed by atoms with van der Waals surface area (Å²) < 4.78 is 61.5. The molecule has 54 heavy (non-hydrogen) atoms. The fraction of sp³-hybridized carbons (Fsp3) is 0.450. The number of para-hydroxylation sites is 2. The summed E-state index contributed by atoms with van der Waals surface area (Å²) in [6.07, 6.45) is 19.2. The number of rotatable bonds is 13. The van der Waals surface area contributed by atoms with Gasteiger partial charge < -0.3 is 10.2 Å². The molecule has 0 saturated carbocycles. The van der Waals surface area contributed by atoms with Crippen LogP contribution in [0.2, 0.25) is 0 Å². The molecule has 2 aromatic rings. The summed E-state index contributed by atoms with van der Waals surface area (Å²) in [5.41, 5.74) is 19.0. The van der Waals surface area contributed by atoms with Crippen LogP contribution in [-0.4, -0.2) is 42.9 Å². The molecule has 2 heterocycles. The van der Waals surface area contributed by atoms with Gasteiger partial charge in [0.15, 0.2) is 5.71 Å². The van der Waals surface area contributed by atoms with E-state index in [1.54, 1.807) is 0 Å². The third-order valence-corrected chi connectivity index (χ3v) is 10.1. The second kappa shape index (κ2) is 16.2. The number of hydrogen-bond acceptors (Lipinski definition) is 3. The molecule has 14 heteroatoms. The number of azide groups is 1. The van der Waals surface area contributed by atoms with Gasteiger partial charge in [-0.3, -0.25) is 4.79 Å². The molecule has 3 aliphatic rings. The van der Waals surface area contributed by atoms with Crippen molar-refractivity contribution >= 4 is 30.8 Å². The third kappa shape index (κ3) is 12.1. The number of allylic oxidation sites excluding steroid dienone is 8. The predicted molar refractivity (Wildman–Crippen MR) is 208 cm³/mol. The minimum absolute atomic E-state index is 0.0198. The molecule has 1 aliphatic carbocycles. The SMILES string of the molecule is C[N+]1=C(/C=C/C2=CC(=C/C=C3/N(CCCCCC(=O)NCCCN=[N+]=[N-])c4ccccc4C3(C)C)/CCC2)C(C)(C)c2ccccc21.F[P-](F)(F)(F)(F)F. The Labute approximate surface area is 314 Å². The Bertz CT molecular complexity index is 1910. The summed E-state index contributed by atoms with van der Waals surface area (Å²) in [4.78, 5) is 17.4. The molecule has 0 atom stereocenters. The first-order chi connectivity index (χ1) is 25.1. The average Bonchev–Trinajstić information content (AvgIpc) is 3.42. The van der Waals surface area contributed by atoms with Crippen molar-refractivity contribution in [3.8, 4) is 0 Å². The van der Waals surface area contributed by atoms with Crippen LogP contribution in [0.15, 0.2) is 101 Å². The molecule has 0 saturated heterocycles. The number of hydrogen-bond donors (Lipinski definition) is 1. The number of carbonyl (C=O) groups excluding carboxylic acids is 1. The molecule has 2 aliphatic heterocycles. The number of fused-ring (bicyclic) bond motifs is 2. The van der Waals surface area contributed by atoms with Crippen molar-refractivity contribution < 1.29 is 34.6 Å². The van der Waals surface area contributed by atoms with Crippen LogP contribution in [0, 0.1) is 0 Å². The van der Waals surface area contributed by atoms with E-state index in [1.165, 1.54) is 45.1 Å². The number of carbonyl (C=O) groups is 1. The number of nitrogens with one attached hydrogen (secondary N) is 1. The number of nitrogens with zero attached hydrogens (tertiary/aromatic N) is 5. The van der Waals surface area contributed by atoms with Crippen molar-refractivity contribution in [2.24, 2.45) is 5.11 Å². The van der Waals surface area contributed by atoms with Gasteiger partial charge in [-0.1, -0.05) is 80.0 Å². The molecule has 7 nitrogen and oxygen atoms in total. The Morgan fingerprint density at radius 2 is 1.57 bits per heavy atom. The second-order valence-electron chi connectivity index (χ2n) is 15.0. The fourth-order valence-electron chi connectivity index (χ4n) is 7.44. The zero-order valence-corrected chi connectivity index (χ0v) is 32.5. The van der Waals surface area contributed by atoms with E-state index in [1.807, 2.05) is 0 Å². The van der Waals surface area contributed by atoms with Crippen LogP contribution in [0.3, 0.4) is 0 Å². The van der Waals surface area contributed by atoms with Crippen LogP contribution in [0.1, 0.15) is 90.2 Å². The van der Waals surface area contributed by atoms with Gasteiger partial charge in [0, 0.05) is 65.5 Å². The van der Waals surface area contributed by atoms with Gasteiger partial charge in [-0.25, -0.2) is 0 Å². The van der Waals surface area contributed by atoms with E-state index in [2.05, 4.69) is 138 Å². The molecule has 0 radical (unpaired) electrons. The van der Waals surface area contributed by atoms with E-state index in [4.69, 9.17) is 5.53 Å². The second-order valence-corrected chi connectivity index (χ2v) is 16.9. The Morgan fingerprint density at radius 1 is 0.907 bits per heavy atom. The molecular weight excluding hydrogens is 725 g/mol. The number of amides is 1. The van der Waals surface area contributed by atoms with Crippen LogP contribution in [-0.2, 0) is 15.6 Å². The van der Waals surface area contributed by atoms with E-state index in [0.717, 1.165) is 45.1 Å². The zero-order chi connectivity index (χ0) is 39.9. The summed E-state index contributed by atoms with van der Waals surface area (Å²) in [5.74, 6) is 0.0724. The van der Waals surface area contributed by atoms with Crippen molar-refractivity contribution in [3.05, 3.63) is 117 Å². The van der Waals surface area contributed by atoms with Gasteiger partial charge in [0.1, 0.15) is 7.05 Å². The molecule has 0 bridgehead atoms. The van der Waals surface area contributed by atoms with Crippen molar-refractivity contribution in [1.29, 1.82) is 0 Å². The van der Waals surface area contributed by atoms with Crippen LogP contribution in [0.4, 0.5) is 36.6 Å². The van der Waals surface area contributed by atoms with E-state index < -0.39 is 7.81 Å². The van der Waals surface area contributed by atoms with Crippen molar-refractivity contribution in [1.82, 2.24) is 5.32 Å². The monoisotopic (exact) mass is 776 g/mol. The summed E-state index contributed by atoms with van der Waals surface area (Å²) in [7, 11) is -8.47. The number of anilines is 1. The van der Waals surface area contributed by atoms with Gasteiger partial charge in [-0.05, 0) is 86.8 Å². The molecule has 5 rings (SSSR count). The summed E-state index contributed by atoms with van der Waals surface area (Å²) in [6, 6.07) is 17.5. The van der Waals surface area contributed by atoms with Crippen LogP contribution in [0.5, 0.6) is 0 Å². The quantitative estimate of drug-likeness (QED) is 0.0418. The number of unbranched alkanes of at least 4 members (excludes halogenated alkanes) is 2. The van der Waals surface area contributed by atoms with Crippen LogP contribution in [0.25, 0.3) is 10.4 Å². The maximum atomic E-state index is 12.2. The third-order valence-electron chi connectivity index (χ3n) is 10.1. The Balaban J connectivity index is 0.000000845. The first kappa shape index (κ1) is 42.4. The number of halogens is 6. The molecule has 0 unspecified atom stereocenters. The standard InChI is InChI=1S/C40H50N6O.F6P/c1-39(2)32-17-8-10-19-34(32)45(5)36(39)24-22-30-15-13-16-31(29-30)23-25-37-40(3,4)33-18-9-11-20-35(33)46(37)28-12-6-7-21-38(47)42-26-14-27-43-44-41;1-7(2,3,4,5)6/h8-11,17-20,22-25,29H,6-7,12-16,21,26-28H2,1-5H3;/q;-1/p+1.